The first-order valence-electron chi connectivity index (χ1n) is 5.32. The number of carbonyl (C=O) groups is 1. The van der Waals surface area contributed by atoms with Crippen molar-refractivity contribution in [2.75, 3.05) is 6.61 Å². The molecule has 3 N–H and O–H groups in total. The van der Waals surface area contributed by atoms with Crippen molar-refractivity contribution in [1.82, 2.24) is 9.55 Å². The lowest BCUT2D eigenvalue weighted by Crippen LogP contribution is -2.23. The van der Waals surface area contributed by atoms with E-state index in [2.05, 4.69) is 4.98 Å². The fourth-order valence-corrected chi connectivity index (χ4v) is 1.79. The van der Waals surface area contributed by atoms with Gasteiger partial charge in [0.05, 0.1) is 12.6 Å². The van der Waals surface area contributed by atoms with Crippen molar-refractivity contribution >= 4 is 5.91 Å². The zero-order chi connectivity index (χ0) is 13.1. The average Bonchev–Trinajstić information content (AvgIpc) is 2.82. The first-order chi connectivity index (χ1) is 8.63. The summed E-state index contributed by atoms with van der Waals surface area (Å²) >= 11 is 0. The van der Waals surface area contributed by atoms with E-state index in [-0.39, 0.29) is 18.2 Å². The molecule has 6 heteroatoms. The molecule has 18 heavy (non-hydrogen) atoms. The summed E-state index contributed by atoms with van der Waals surface area (Å²) in [7, 11) is 0. The van der Waals surface area contributed by atoms with Gasteiger partial charge in [-0.25, -0.2) is 9.37 Å². The van der Waals surface area contributed by atoms with Gasteiger partial charge in [0, 0.05) is 12.4 Å². The number of halogens is 1. The minimum atomic E-state index is -0.680. The van der Waals surface area contributed by atoms with Gasteiger partial charge in [0.25, 0.3) is 5.91 Å². The van der Waals surface area contributed by atoms with Crippen LogP contribution in [0.2, 0.25) is 0 Å². The highest BCUT2D eigenvalue weighted by molar-refractivity contribution is 5.89. The first-order valence-corrected chi connectivity index (χ1v) is 5.32. The number of hydrogen-bond acceptors (Lipinski definition) is 3. The van der Waals surface area contributed by atoms with Crippen molar-refractivity contribution in [2.45, 2.75) is 6.04 Å². The van der Waals surface area contributed by atoms with E-state index < -0.39 is 11.9 Å². The Morgan fingerprint density at radius 2 is 2.11 bits per heavy atom. The minimum Gasteiger partial charge on any atom is -0.394 e. The maximum Gasteiger partial charge on any atom is 0.284 e. The van der Waals surface area contributed by atoms with Gasteiger partial charge >= 0.3 is 0 Å². The van der Waals surface area contributed by atoms with Gasteiger partial charge in [-0.05, 0) is 17.7 Å². The molecule has 94 valence electrons. The molecule has 0 unspecified atom stereocenters. The van der Waals surface area contributed by atoms with Crippen LogP contribution in [-0.4, -0.2) is 27.2 Å². The zero-order valence-electron chi connectivity index (χ0n) is 9.45. The molecule has 0 spiro atoms. The number of amides is 1. The van der Waals surface area contributed by atoms with Crippen LogP contribution in [0.3, 0.4) is 0 Å². The van der Waals surface area contributed by atoms with Gasteiger partial charge in [0.15, 0.2) is 5.82 Å². The number of aliphatic hydroxyl groups is 1. The molecule has 0 radical (unpaired) electrons. The highest BCUT2D eigenvalue weighted by atomic mass is 19.1. The molecule has 2 aromatic rings. The topological polar surface area (TPSA) is 81.1 Å². The summed E-state index contributed by atoms with van der Waals surface area (Å²) in [6.07, 6.45) is 2.97. The molecule has 1 heterocycles. The van der Waals surface area contributed by atoms with Gasteiger partial charge in [0.2, 0.25) is 0 Å². The number of primary amides is 1. The molecule has 0 bridgehead atoms. The summed E-state index contributed by atoms with van der Waals surface area (Å²) in [5.41, 5.74) is 5.86. The van der Waals surface area contributed by atoms with E-state index in [1.54, 1.807) is 18.3 Å². The van der Waals surface area contributed by atoms with Gasteiger partial charge < -0.3 is 15.4 Å². The second-order valence-electron chi connectivity index (χ2n) is 3.77. The summed E-state index contributed by atoms with van der Waals surface area (Å²) < 4.78 is 14.3. The number of carbonyl (C=O) groups excluding carboxylic acids is 1. The summed E-state index contributed by atoms with van der Waals surface area (Å²) in [6.45, 7) is -0.248. The normalized spacial score (nSPS) is 12.3. The van der Waals surface area contributed by atoms with Gasteiger partial charge in [0.1, 0.15) is 5.82 Å². The summed E-state index contributed by atoms with van der Waals surface area (Å²) in [6, 6.07) is 5.15. The van der Waals surface area contributed by atoms with E-state index in [1.165, 1.54) is 22.9 Å². The standard InChI is InChI=1S/C12H12FN3O2/c13-9-3-1-8(2-4-9)10(7-17)16-6-5-15-12(16)11(14)18/h1-6,10,17H,7H2,(H2,14,18)/t10-/m0/s1. The maximum absolute atomic E-state index is 12.8. The van der Waals surface area contributed by atoms with Gasteiger partial charge in [-0.2, -0.15) is 0 Å². The van der Waals surface area contributed by atoms with Gasteiger partial charge in [-0.1, -0.05) is 12.1 Å². The maximum atomic E-state index is 12.8. The Morgan fingerprint density at radius 1 is 1.44 bits per heavy atom. The lowest BCUT2D eigenvalue weighted by atomic mass is 10.1. The molecule has 5 nitrogen and oxygen atoms in total. The summed E-state index contributed by atoms with van der Waals surface area (Å²) in [5.74, 6) is -0.991. The molecule has 1 aromatic carbocycles. The van der Waals surface area contributed by atoms with Crippen molar-refractivity contribution in [3.63, 3.8) is 0 Å². The molecule has 0 saturated heterocycles. The second kappa shape index (κ2) is 4.97. The number of aliphatic hydroxyl groups excluding tert-OH is 1. The van der Waals surface area contributed by atoms with Crippen LogP contribution in [0.15, 0.2) is 36.7 Å². The van der Waals surface area contributed by atoms with E-state index >= 15 is 0 Å². The molecular formula is C12H12FN3O2. The molecule has 0 aliphatic carbocycles. The smallest absolute Gasteiger partial charge is 0.284 e. The van der Waals surface area contributed by atoms with Crippen LogP contribution in [0.1, 0.15) is 22.2 Å². The number of hydrogen-bond donors (Lipinski definition) is 2. The predicted molar refractivity (Wildman–Crippen MR) is 62.4 cm³/mol. The fourth-order valence-electron chi connectivity index (χ4n) is 1.79. The van der Waals surface area contributed by atoms with E-state index in [0.29, 0.717) is 5.56 Å². The van der Waals surface area contributed by atoms with E-state index in [0.717, 1.165) is 0 Å². The summed E-state index contributed by atoms with van der Waals surface area (Å²) in [5, 5.41) is 9.43. The first kappa shape index (κ1) is 12.3. The Hall–Kier alpha value is -2.21. The Kier molecular flexibility index (Phi) is 3.38. The van der Waals surface area contributed by atoms with Crippen molar-refractivity contribution in [1.29, 1.82) is 0 Å². The van der Waals surface area contributed by atoms with Crippen molar-refractivity contribution in [3.05, 3.63) is 53.9 Å². The molecule has 0 aliphatic heterocycles. The lowest BCUT2D eigenvalue weighted by Gasteiger charge is -2.18. The lowest BCUT2D eigenvalue weighted by molar-refractivity contribution is 0.0983. The second-order valence-corrected chi connectivity index (χ2v) is 3.77. The van der Waals surface area contributed by atoms with Crippen LogP contribution in [0.25, 0.3) is 0 Å². The Labute approximate surface area is 103 Å². The highest BCUT2D eigenvalue weighted by Crippen LogP contribution is 2.19. The molecule has 1 aromatic heterocycles. The van der Waals surface area contributed by atoms with E-state index in [1.807, 2.05) is 0 Å². The number of rotatable bonds is 4. The minimum absolute atomic E-state index is 0.0541. The average molecular weight is 249 g/mol. The van der Waals surface area contributed by atoms with Gasteiger partial charge in [-0.3, -0.25) is 4.79 Å². The molecule has 0 aliphatic rings. The Morgan fingerprint density at radius 3 is 2.67 bits per heavy atom. The third-order valence-corrected chi connectivity index (χ3v) is 2.65. The SMILES string of the molecule is NC(=O)c1nccn1[C@@H](CO)c1ccc(F)cc1. The molecule has 0 fully saturated rings. The van der Waals surface area contributed by atoms with Crippen LogP contribution in [0, 0.1) is 5.82 Å². The van der Waals surface area contributed by atoms with Crippen molar-refractivity contribution < 1.29 is 14.3 Å². The van der Waals surface area contributed by atoms with Crippen LogP contribution in [-0.2, 0) is 0 Å². The molecule has 1 atom stereocenters. The molecule has 1 amide bonds. The summed E-state index contributed by atoms with van der Waals surface area (Å²) in [4.78, 5) is 15.0. The van der Waals surface area contributed by atoms with E-state index in [4.69, 9.17) is 5.73 Å². The number of benzene rings is 1. The highest BCUT2D eigenvalue weighted by Gasteiger charge is 2.18. The van der Waals surface area contributed by atoms with Crippen LogP contribution in [0.5, 0.6) is 0 Å². The van der Waals surface area contributed by atoms with Crippen molar-refractivity contribution in [2.24, 2.45) is 5.73 Å². The largest absolute Gasteiger partial charge is 0.394 e. The molecule has 2 rings (SSSR count). The van der Waals surface area contributed by atoms with Crippen molar-refractivity contribution in [3.8, 4) is 0 Å². The van der Waals surface area contributed by atoms with Crippen LogP contribution >= 0.6 is 0 Å². The van der Waals surface area contributed by atoms with E-state index in [9.17, 15) is 14.3 Å². The zero-order valence-corrected chi connectivity index (χ0v) is 9.45. The molecular weight excluding hydrogens is 237 g/mol. The third-order valence-electron chi connectivity index (χ3n) is 2.65. The number of nitrogens with two attached hydrogens (primary N) is 1. The number of imidazole rings is 1. The quantitative estimate of drug-likeness (QED) is 0.837. The van der Waals surface area contributed by atoms with Crippen LogP contribution in [0.4, 0.5) is 4.39 Å². The Bertz CT molecular complexity index is 551. The number of aromatic nitrogens is 2. The number of nitrogens with zero attached hydrogens (tertiary/aromatic N) is 2. The Balaban J connectivity index is 2.42. The van der Waals surface area contributed by atoms with Crippen LogP contribution < -0.4 is 5.73 Å². The fraction of sp³-hybridized carbons (Fsp3) is 0.167. The van der Waals surface area contributed by atoms with Gasteiger partial charge in [-0.15, -0.1) is 0 Å². The monoisotopic (exact) mass is 249 g/mol. The molecule has 0 saturated carbocycles. The predicted octanol–water partition coefficient (Wildman–Crippen LogP) is 0.703. The third kappa shape index (κ3) is 2.23.